The van der Waals surface area contributed by atoms with Crippen molar-refractivity contribution in [3.05, 3.63) is 23.8 Å². The second-order valence-electron chi connectivity index (χ2n) is 7.22. The van der Waals surface area contributed by atoms with Gasteiger partial charge in [0.2, 0.25) is 0 Å². The molecule has 1 aliphatic carbocycles. The predicted molar refractivity (Wildman–Crippen MR) is 93.7 cm³/mol. The summed E-state index contributed by atoms with van der Waals surface area (Å²) in [5, 5.41) is 20.8. The summed E-state index contributed by atoms with van der Waals surface area (Å²) in [6, 6.07) is 0. The van der Waals surface area contributed by atoms with Crippen molar-refractivity contribution < 1.29 is 29.3 Å². The standard InChI is InChI=1S/C19H30O6/c1-14(20)24-12-16-6-8-17(9-7-16)19(4,23)11-5-10-18(3,22)13-25-15(2)21/h5-6,10,17,22-23H,7-9,11-13H2,1-4H3. The summed E-state index contributed by atoms with van der Waals surface area (Å²) >= 11 is 0. The van der Waals surface area contributed by atoms with Gasteiger partial charge in [-0.25, -0.2) is 0 Å². The number of rotatable bonds is 8. The van der Waals surface area contributed by atoms with Gasteiger partial charge in [0, 0.05) is 13.8 Å². The lowest BCUT2D eigenvalue weighted by molar-refractivity contribution is -0.146. The van der Waals surface area contributed by atoms with E-state index < -0.39 is 17.2 Å². The van der Waals surface area contributed by atoms with Crippen molar-refractivity contribution in [1.82, 2.24) is 0 Å². The molecule has 0 aromatic heterocycles. The third kappa shape index (κ3) is 8.31. The summed E-state index contributed by atoms with van der Waals surface area (Å²) in [5.41, 5.74) is -1.08. The van der Waals surface area contributed by atoms with Crippen LogP contribution in [0.15, 0.2) is 23.8 Å². The smallest absolute Gasteiger partial charge is 0.302 e. The van der Waals surface area contributed by atoms with Crippen LogP contribution < -0.4 is 0 Å². The molecule has 0 aromatic carbocycles. The minimum Gasteiger partial charge on any atom is -0.462 e. The van der Waals surface area contributed by atoms with Gasteiger partial charge in [-0.3, -0.25) is 9.59 Å². The minimum atomic E-state index is -1.26. The topological polar surface area (TPSA) is 93.1 Å². The molecule has 0 amide bonds. The van der Waals surface area contributed by atoms with Crippen molar-refractivity contribution in [2.75, 3.05) is 13.2 Å². The Morgan fingerprint density at radius 3 is 2.40 bits per heavy atom. The Labute approximate surface area is 149 Å². The molecule has 1 rings (SSSR count). The highest BCUT2D eigenvalue weighted by Gasteiger charge is 2.32. The Morgan fingerprint density at radius 1 is 1.24 bits per heavy atom. The zero-order chi connectivity index (χ0) is 19.1. The van der Waals surface area contributed by atoms with Gasteiger partial charge in [-0.05, 0) is 51.0 Å². The number of allylic oxidation sites excluding steroid dienone is 1. The van der Waals surface area contributed by atoms with Gasteiger partial charge < -0.3 is 19.7 Å². The second-order valence-corrected chi connectivity index (χ2v) is 7.22. The molecule has 0 saturated heterocycles. The van der Waals surface area contributed by atoms with Crippen LogP contribution in [0.25, 0.3) is 0 Å². The van der Waals surface area contributed by atoms with Gasteiger partial charge in [-0.1, -0.05) is 18.2 Å². The maximum Gasteiger partial charge on any atom is 0.302 e. The van der Waals surface area contributed by atoms with Crippen LogP contribution in [0.4, 0.5) is 0 Å². The lowest BCUT2D eigenvalue weighted by Crippen LogP contribution is -2.35. The molecule has 1 aliphatic rings. The van der Waals surface area contributed by atoms with Crippen LogP contribution in [-0.4, -0.2) is 46.6 Å². The first kappa shape index (κ1) is 21.4. The molecule has 6 heteroatoms. The van der Waals surface area contributed by atoms with Crippen LogP contribution in [-0.2, 0) is 19.1 Å². The number of carbonyl (C=O) groups excluding carboxylic acids is 2. The van der Waals surface area contributed by atoms with E-state index in [1.165, 1.54) is 13.8 Å². The monoisotopic (exact) mass is 354 g/mol. The van der Waals surface area contributed by atoms with Crippen molar-refractivity contribution in [1.29, 1.82) is 0 Å². The van der Waals surface area contributed by atoms with Crippen molar-refractivity contribution >= 4 is 11.9 Å². The van der Waals surface area contributed by atoms with Gasteiger partial charge in [0.25, 0.3) is 0 Å². The SMILES string of the molecule is CC(=O)OCC1=CCC(C(C)(O)CC=CC(C)(O)COC(C)=O)CC1. The number of hydrogen-bond acceptors (Lipinski definition) is 6. The number of hydrogen-bond donors (Lipinski definition) is 2. The van der Waals surface area contributed by atoms with E-state index in [9.17, 15) is 19.8 Å². The molecule has 0 heterocycles. The quantitative estimate of drug-likeness (QED) is 0.513. The summed E-state index contributed by atoms with van der Waals surface area (Å²) in [6.07, 6.45) is 8.03. The van der Waals surface area contributed by atoms with Crippen molar-refractivity contribution in [3.63, 3.8) is 0 Å². The fourth-order valence-electron chi connectivity index (χ4n) is 2.79. The summed E-state index contributed by atoms with van der Waals surface area (Å²) in [5.74, 6) is -0.642. The molecule has 0 fully saturated rings. The highest BCUT2D eigenvalue weighted by atomic mass is 16.5. The van der Waals surface area contributed by atoms with E-state index >= 15 is 0 Å². The van der Waals surface area contributed by atoms with E-state index in [0.717, 1.165) is 24.8 Å². The maximum atomic E-state index is 10.8. The average molecular weight is 354 g/mol. The fourth-order valence-corrected chi connectivity index (χ4v) is 2.79. The maximum absolute atomic E-state index is 10.8. The van der Waals surface area contributed by atoms with Crippen molar-refractivity contribution in [2.24, 2.45) is 5.92 Å². The average Bonchev–Trinajstić information content (AvgIpc) is 2.51. The molecule has 0 bridgehead atoms. The largest absolute Gasteiger partial charge is 0.462 e. The van der Waals surface area contributed by atoms with Crippen LogP contribution >= 0.6 is 0 Å². The van der Waals surface area contributed by atoms with Gasteiger partial charge in [0.05, 0.1) is 5.60 Å². The molecule has 3 unspecified atom stereocenters. The molecule has 3 atom stereocenters. The van der Waals surface area contributed by atoms with E-state index in [1.807, 2.05) is 6.08 Å². The molecule has 6 nitrogen and oxygen atoms in total. The van der Waals surface area contributed by atoms with Crippen LogP contribution in [0.3, 0.4) is 0 Å². The zero-order valence-electron chi connectivity index (χ0n) is 15.6. The molecule has 0 radical (unpaired) electrons. The van der Waals surface area contributed by atoms with E-state index in [2.05, 4.69) is 0 Å². The predicted octanol–water partition coefficient (Wildman–Crippen LogP) is 2.29. The van der Waals surface area contributed by atoms with E-state index in [4.69, 9.17) is 9.47 Å². The van der Waals surface area contributed by atoms with Gasteiger partial charge in [-0.2, -0.15) is 0 Å². The molecular weight excluding hydrogens is 324 g/mol. The Hall–Kier alpha value is -1.66. The summed E-state index contributed by atoms with van der Waals surface area (Å²) in [7, 11) is 0. The third-order valence-corrected chi connectivity index (χ3v) is 4.42. The first-order valence-corrected chi connectivity index (χ1v) is 8.59. The molecule has 0 aliphatic heterocycles. The molecule has 0 aromatic rings. The molecule has 25 heavy (non-hydrogen) atoms. The summed E-state index contributed by atoms with van der Waals surface area (Å²) in [4.78, 5) is 21.7. The van der Waals surface area contributed by atoms with Crippen LogP contribution in [0, 0.1) is 5.92 Å². The van der Waals surface area contributed by atoms with Gasteiger partial charge in [-0.15, -0.1) is 0 Å². The first-order chi connectivity index (χ1) is 11.5. The molecular formula is C19H30O6. The fraction of sp³-hybridized carbons (Fsp3) is 0.684. The van der Waals surface area contributed by atoms with E-state index in [-0.39, 0.29) is 18.5 Å². The van der Waals surface area contributed by atoms with Crippen LogP contribution in [0.1, 0.15) is 53.4 Å². The third-order valence-electron chi connectivity index (χ3n) is 4.42. The Kier molecular flexibility index (Phi) is 7.83. The molecule has 142 valence electrons. The van der Waals surface area contributed by atoms with E-state index in [0.29, 0.717) is 13.0 Å². The Balaban J connectivity index is 2.51. The van der Waals surface area contributed by atoms with Crippen LogP contribution in [0.5, 0.6) is 0 Å². The van der Waals surface area contributed by atoms with Gasteiger partial charge >= 0.3 is 11.9 Å². The molecule has 0 saturated carbocycles. The second kappa shape index (κ2) is 9.15. The summed E-state index contributed by atoms with van der Waals surface area (Å²) < 4.78 is 9.81. The molecule has 0 spiro atoms. The highest BCUT2D eigenvalue weighted by molar-refractivity contribution is 5.66. The Morgan fingerprint density at radius 2 is 1.88 bits per heavy atom. The van der Waals surface area contributed by atoms with Crippen LogP contribution in [0.2, 0.25) is 0 Å². The number of esters is 2. The number of ether oxygens (including phenoxy) is 2. The number of aliphatic hydroxyl groups is 2. The normalized spacial score (nSPS) is 22.6. The number of carbonyl (C=O) groups is 2. The Bertz CT molecular complexity index is 530. The van der Waals surface area contributed by atoms with Gasteiger partial charge in [0.1, 0.15) is 18.8 Å². The van der Waals surface area contributed by atoms with Crippen molar-refractivity contribution in [3.8, 4) is 0 Å². The van der Waals surface area contributed by atoms with Gasteiger partial charge in [0.15, 0.2) is 0 Å². The highest BCUT2D eigenvalue weighted by Crippen LogP contribution is 2.34. The lowest BCUT2D eigenvalue weighted by Gasteiger charge is -2.34. The van der Waals surface area contributed by atoms with E-state index in [1.54, 1.807) is 26.0 Å². The first-order valence-electron chi connectivity index (χ1n) is 8.59. The minimum absolute atomic E-state index is 0.0941. The zero-order valence-corrected chi connectivity index (χ0v) is 15.6. The van der Waals surface area contributed by atoms with Crippen molar-refractivity contribution in [2.45, 2.75) is 64.6 Å². The summed E-state index contributed by atoms with van der Waals surface area (Å²) in [6.45, 7) is 6.21. The lowest BCUT2D eigenvalue weighted by atomic mass is 9.77. The molecule has 2 N–H and O–H groups in total.